The molecule has 1 atom stereocenters. The number of imidazole rings is 1. The first-order valence-electron chi connectivity index (χ1n) is 16.0. The molecule has 0 spiro atoms. The Kier molecular flexibility index (Phi) is 9.96. The molecule has 2 aliphatic heterocycles. The van der Waals surface area contributed by atoms with Crippen molar-refractivity contribution >= 4 is 45.9 Å². The minimum absolute atomic E-state index is 0.0703. The largest absolute Gasteiger partial charge is 0.493 e. The van der Waals surface area contributed by atoms with Gasteiger partial charge in [0.1, 0.15) is 0 Å². The van der Waals surface area contributed by atoms with Gasteiger partial charge >= 0.3 is 0 Å². The van der Waals surface area contributed by atoms with Crippen molar-refractivity contribution < 1.29 is 23.8 Å². The Morgan fingerprint density at radius 1 is 0.936 bits per heavy atom. The third-order valence-electron chi connectivity index (χ3n) is 9.71. The first kappa shape index (κ1) is 33.1. The van der Waals surface area contributed by atoms with E-state index in [2.05, 4.69) is 14.9 Å². The first-order chi connectivity index (χ1) is 22.7. The van der Waals surface area contributed by atoms with Crippen LogP contribution in [0.15, 0.2) is 54.6 Å². The number of hydrogen-bond donors (Lipinski definition) is 1. The van der Waals surface area contributed by atoms with Gasteiger partial charge in [-0.15, -0.1) is 0 Å². The summed E-state index contributed by atoms with van der Waals surface area (Å²) in [5.41, 5.74) is 2.97. The zero-order valence-electron chi connectivity index (χ0n) is 27.0. The summed E-state index contributed by atoms with van der Waals surface area (Å²) < 4.78 is 16.6. The molecule has 2 saturated heterocycles. The van der Waals surface area contributed by atoms with Crippen LogP contribution in [0.3, 0.4) is 0 Å². The van der Waals surface area contributed by atoms with Crippen LogP contribution in [0.2, 0.25) is 10.0 Å². The van der Waals surface area contributed by atoms with Gasteiger partial charge in [0.15, 0.2) is 17.3 Å². The topological polar surface area (TPSA) is 97.0 Å². The molecule has 11 heteroatoms. The van der Waals surface area contributed by atoms with Crippen molar-refractivity contribution in [1.82, 2.24) is 19.8 Å². The monoisotopic (exact) mass is 678 g/mol. The second-order valence-corrected chi connectivity index (χ2v) is 13.4. The highest BCUT2D eigenvalue weighted by atomic mass is 35.5. The number of Topliss-reactive ketones (excluding diaryl/α,β-unsaturated/α-hetero) is 1. The lowest BCUT2D eigenvalue weighted by Gasteiger charge is -2.35. The van der Waals surface area contributed by atoms with Crippen molar-refractivity contribution in [2.24, 2.45) is 11.3 Å². The van der Waals surface area contributed by atoms with Crippen LogP contribution < -0.4 is 14.2 Å². The number of amides is 1. The second kappa shape index (κ2) is 14.1. The van der Waals surface area contributed by atoms with Crippen molar-refractivity contribution in [3.63, 3.8) is 0 Å². The van der Waals surface area contributed by atoms with Gasteiger partial charge in [-0.3, -0.25) is 9.59 Å². The predicted octanol–water partition coefficient (Wildman–Crippen LogP) is 6.84. The molecule has 0 radical (unpaired) electrons. The Morgan fingerprint density at radius 3 is 2.32 bits per heavy atom. The average Bonchev–Trinajstić information content (AvgIpc) is 3.66. The van der Waals surface area contributed by atoms with Crippen LogP contribution in [0.25, 0.3) is 11.0 Å². The highest BCUT2D eigenvalue weighted by molar-refractivity contribution is 6.42. The number of piperidine rings is 1. The predicted molar refractivity (Wildman–Crippen MR) is 183 cm³/mol. The molecule has 0 saturated carbocycles. The number of nitrogens with one attached hydrogen (secondary N) is 1. The number of rotatable bonds is 12. The lowest BCUT2D eigenvalue weighted by Crippen LogP contribution is -2.42. The summed E-state index contributed by atoms with van der Waals surface area (Å²) >= 11 is 12.6. The SMILES string of the molecule is COc1cc(CN2CCC(CCN3CCC(C(=O)c4nc5ccccc5[nH]4)CC3)(Cc3ccc(Cl)c(Cl)c3)C2=O)cc(OC)c1OC. The smallest absolute Gasteiger partial charge is 0.229 e. The Morgan fingerprint density at radius 2 is 1.66 bits per heavy atom. The zero-order chi connectivity index (χ0) is 33.1. The molecule has 47 heavy (non-hydrogen) atoms. The number of likely N-dealkylation sites (tertiary alicyclic amines) is 2. The summed E-state index contributed by atoms with van der Waals surface area (Å²) in [5.74, 6) is 2.18. The summed E-state index contributed by atoms with van der Waals surface area (Å²) in [6, 6.07) is 17.1. The van der Waals surface area contributed by atoms with E-state index in [1.165, 1.54) is 0 Å². The molecular formula is C36H40Cl2N4O5. The van der Waals surface area contributed by atoms with Crippen LogP contribution >= 0.6 is 23.2 Å². The Bertz CT molecular complexity index is 1710. The molecule has 6 rings (SSSR count). The van der Waals surface area contributed by atoms with E-state index < -0.39 is 5.41 Å². The fourth-order valence-corrected chi connectivity index (χ4v) is 7.39. The fraction of sp³-hybridized carbons (Fsp3) is 0.417. The third kappa shape index (κ3) is 6.93. The van der Waals surface area contributed by atoms with E-state index in [0.717, 1.165) is 61.1 Å². The summed E-state index contributed by atoms with van der Waals surface area (Å²) in [6.45, 7) is 3.40. The van der Waals surface area contributed by atoms with Gasteiger partial charge in [0.2, 0.25) is 17.4 Å². The molecule has 0 aliphatic carbocycles. The molecular weight excluding hydrogens is 639 g/mol. The number of carbonyl (C=O) groups excluding carboxylic acids is 2. The number of halogens is 2. The maximum absolute atomic E-state index is 14.4. The number of benzene rings is 3. The van der Waals surface area contributed by atoms with Gasteiger partial charge in [-0.2, -0.15) is 0 Å². The first-order valence-corrected chi connectivity index (χ1v) is 16.7. The Balaban J connectivity index is 1.15. The summed E-state index contributed by atoms with van der Waals surface area (Å²) in [7, 11) is 4.74. The lowest BCUT2D eigenvalue weighted by atomic mass is 9.77. The minimum atomic E-state index is -0.598. The molecule has 3 heterocycles. The van der Waals surface area contributed by atoms with Crippen molar-refractivity contribution in [3.8, 4) is 17.2 Å². The summed E-state index contributed by atoms with van der Waals surface area (Å²) in [6.07, 6.45) is 3.50. The standard InChI is InChI=1S/C36H40Cl2N4O5/c1-45-30-19-24(20-31(46-2)33(30)47-3)22-42-17-13-36(35(42)44,21-23-8-9-26(37)27(38)18-23)12-16-41-14-10-25(11-15-41)32(43)34-39-28-6-4-5-7-29(28)40-34/h4-9,18-20,25H,10-17,21-22H2,1-3H3,(H,39,40). The normalized spacial score (nSPS) is 19.0. The van der Waals surface area contributed by atoms with Crippen LogP contribution in [0.1, 0.15) is 47.4 Å². The van der Waals surface area contributed by atoms with E-state index in [-0.39, 0.29) is 17.6 Å². The lowest BCUT2D eigenvalue weighted by molar-refractivity contribution is -0.137. The Labute approximate surface area is 285 Å². The number of ether oxygens (including phenoxy) is 3. The maximum atomic E-state index is 14.4. The third-order valence-corrected chi connectivity index (χ3v) is 10.5. The number of carbonyl (C=O) groups is 2. The maximum Gasteiger partial charge on any atom is 0.229 e. The van der Waals surface area contributed by atoms with Gasteiger partial charge in [-0.25, -0.2) is 4.98 Å². The highest BCUT2D eigenvalue weighted by Gasteiger charge is 2.46. The average molecular weight is 680 g/mol. The van der Waals surface area contributed by atoms with Crippen molar-refractivity contribution in [1.29, 1.82) is 0 Å². The van der Waals surface area contributed by atoms with E-state index in [9.17, 15) is 9.59 Å². The highest BCUT2D eigenvalue weighted by Crippen LogP contribution is 2.43. The van der Waals surface area contributed by atoms with Gasteiger partial charge in [0.25, 0.3) is 0 Å². The van der Waals surface area contributed by atoms with Crippen LogP contribution in [-0.4, -0.2) is 79.0 Å². The quantitative estimate of drug-likeness (QED) is 0.164. The van der Waals surface area contributed by atoms with E-state index in [4.69, 9.17) is 37.4 Å². The molecule has 1 unspecified atom stereocenters. The van der Waals surface area contributed by atoms with Gasteiger partial charge in [0, 0.05) is 19.0 Å². The molecule has 1 N–H and O–H groups in total. The molecule has 4 aromatic rings. The minimum Gasteiger partial charge on any atom is -0.493 e. The zero-order valence-corrected chi connectivity index (χ0v) is 28.5. The Hall–Kier alpha value is -3.79. The number of aromatic amines is 1. The molecule has 248 valence electrons. The van der Waals surface area contributed by atoms with E-state index in [1.807, 2.05) is 53.4 Å². The van der Waals surface area contributed by atoms with Gasteiger partial charge < -0.3 is 29.0 Å². The van der Waals surface area contributed by atoms with E-state index >= 15 is 0 Å². The van der Waals surface area contributed by atoms with Crippen LogP contribution in [0.5, 0.6) is 17.2 Å². The number of hydrogen-bond acceptors (Lipinski definition) is 7. The number of fused-ring (bicyclic) bond motifs is 1. The van der Waals surface area contributed by atoms with Crippen molar-refractivity contribution in [3.05, 3.63) is 81.6 Å². The van der Waals surface area contributed by atoms with Gasteiger partial charge in [-0.05, 0) is 99.3 Å². The fourth-order valence-electron chi connectivity index (χ4n) is 7.07. The number of aromatic nitrogens is 2. The number of methoxy groups -OCH3 is 3. The molecule has 0 bridgehead atoms. The van der Waals surface area contributed by atoms with E-state index in [1.54, 1.807) is 27.4 Å². The number of nitrogens with zero attached hydrogens (tertiary/aromatic N) is 3. The van der Waals surface area contributed by atoms with Crippen LogP contribution in [-0.2, 0) is 17.8 Å². The van der Waals surface area contributed by atoms with Gasteiger partial charge in [0.05, 0.1) is 47.8 Å². The molecule has 1 amide bonds. The van der Waals surface area contributed by atoms with E-state index in [0.29, 0.717) is 59.0 Å². The number of para-hydroxylation sites is 2. The second-order valence-electron chi connectivity index (χ2n) is 12.5. The number of H-pyrrole nitrogens is 1. The summed E-state index contributed by atoms with van der Waals surface area (Å²) in [5, 5.41) is 0.974. The molecule has 3 aromatic carbocycles. The van der Waals surface area contributed by atoms with Crippen LogP contribution in [0.4, 0.5) is 0 Å². The molecule has 2 aliphatic rings. The molecule has 2 fully saturated rings. The van der Waals surface area contributed by atoms with Crippen LogP contribution in [0, 0.1) is 11.3 Å². The van der Waals surface area contributed by atoms with Crippen molar-refractivity contribution in [2.45, 2.75) is 38.6 Å². The number of ketones is 1. The van der Waals surface area contributed by atoms with Gasteiger partial charge in [-0.1, -0.05) is 41.4 Å². The summed E-state index contributed by atoms with van der Waals surface area (Å²) in [4.78, 5) is 39.7. The molecule has 9 nitrogen and oxygen atoms in total. The molecule has 1 aromatic heterocycles. The van der Waals surface area contributed by atoms with Crippen molar-refractivity contribution in [2.75, 3.05) is 47.5 Å².